The van der Waals surface area contributed by atoms with Gasteiger partial charge in [0.1, 0.15) is 17.4 Å². The molecule has 0 fully saturated rings. The third-order valence-corrected chi connectivity index (χ3v) is 3.43. The first-order chi connectivity index (χ1) is 9.51. The minimum absolute atomic E-state index is 0.0819. The largest absolute Gasteiger partial charge is 0.497 e. The quantitative estimate of drug-likeness (QED) is 0.909. The molecule has 0 saturated carbocycles. The summed E-state index contributed by atoms with van der Waals surface area (Å²) in [5.74, 6) is -1.55. The van der Waals surface area contributed by atoms with Crippen LogP contribution in [0.4, 0.5) is 8.78 Å². The van der Waals surface area contributed by atoms with E-state index in [0.29, 0.717) is 0 Å². The van der Waals surface area contributed by atoms with Crippen molar-refractivity contribution in [3.8, 4) is 5.75 Å². The maximum atomic E-state index is 13.8. The molecule has 2 rings (SSSR count). The Bertz CT molecular complexity index is 594. The Kier molecular flexibility index (Phi) is 4.73. The summed E-state index contributed by atoms with van der Waals surface area (Å²) in [6, 6.07) is 9.33. The molecule has 106 valence electrons. The number of aliphatic hydroxyl groups is 1. The molecule has 0 aliphatic heterocycles. The van der Waals surface area contributed by atoms with E-state index in [2.05, 4.69) is 15.9 Å². The molecule has 0 aromatic heterocycles. The van der Waals surface area contributed by atoms with Gasteiger partial charge in [-0.25, -0.2) is 8.78 Å². The molecule has 0 radical (unpaired) electrons. The fourth-order valence-corrected chi connectivity index (χ4v) is 2.43. The van der Waals surface area contributed by atoms with E-state index >= 15 is 0 Å². The van der Waals surface area contributed by atoms with Gasteiger partial charge in [-0.2, -0.15) is 0 Å². The molecule has 1 atom stereocenters. The van der Waals surface area contributed by atoms with Crippen molar-refractivity contribution in [1.82, 2.24) is 0 Å². The van der Waals surface area contributed by atoms with Crippen LogP contribution in [0.2, 0.25) is 0 Å². The van der Waals surface area contributed by atoms with Crippen LogP contribution in [-0.4, -0.2) is 12.2 Å². The molecule has 1 N–H and O–H groups in total. The van der Waals surface area contributed by atoms with Crippen LogP contribution in [0.25, 0.3) is 0 Å². The summed E-state index contributed by atoms with van der Waals surface area (Å²) >= 11 is 3.31. The lowest BCUT2D eigenvalue weighted by Crippen LogP contribution is -2.08. The van der Waals surface area contributed by atoms with Crippen LogP contribution < -0.4 is 4.74 Å². The van der Waals surface area contributed by atoms with Gasteiger partial charge in [-0.15, -0.1) is 0 Å². The number of benzene rings is 2. The van der Waals surface area contributed by atoms with Crippen molar-refractivity contribution in [1.29, 1.82) is 0 Å². The summed E-state index contributed by atoms with van der Waals surface area (Å²) in [5, 5.41) is 10.1. The number of hydrogen-bond acceptors (Lipinski definition) is 2. The van der Waals surface area contributed by atoms with Crippen LogP contribution >= 0.6 is 15.9 Å². The predicted octanol–water partition coefficient (Wildman–Crippen LogP) is 4.01. The molecule has 0 amide bonds. The van der Waals surface area contributed by atoms with Crippen molar-refractivity contribution in [3.63, 3.8) is 0 Å². The maximum Gasteiger partial charge on any atom is 0.135 e. The number of methoxy groups -OCH3 is 1. The third-order valence-electron chi connectivity index (χ3n) is 2.94. The molecule has 5 heteroatoms. The van der Waals surface area contributed by atoms with Gasteiger partial charge in [0.25, 0.3) is 0 Å². The van der Waals surface area contributed by atoms with Crippen molar-refractivity contribution >= 4 is 15.9 Å². The Labute approximate surface area is 124 Å². The molecule has 0 bridgehead atoms. The van der Waals surface area contributed by atoms with Gasteiger partial charge in [-0.3, -0.25) is 0 Å². The fraction of sp³-hybridized carbons (Fsp3) is 0.200. The normalized spacial score (nSPS) is 12.2. The number of halogens is 3. The third kappa shape index (κ3) is 3.35. The van der Waals surface area contributed by atoms with Crippen LogP contribution in [0.3, 0.4) is 0 Å². The summed E-state index contributed by atoms with van der Waals surface area (Å²) in [5.41, 5.74) is 0.437. The lowest BCUT2D eigenvalue weighted by atomic mass is 10.0. The van der Waals surface area contributed by atoms with Crippen molar-refractivity contribution in [2.45, 2.75) is 12.5 Å². The molecule has 20 heavy (non-hydrogen) atoms. The van der Waals surface area contributed by atoms with Crippen molar-refractivity contribution in [2.24, 2.45) is 0 Å². The minimum Gasteiger partial charge on any atom is -0.497 e. The van der Waals surface area contributed by atoms with Crippen LogP contribution in [0.1, 0.15) is 17.2 Å². The standard InChI is InChI=1S/C15H13BrF2O2/c1-20-11-7-12(17)15(13(18)8-11)14(19)6-9-3-2-4-10(16)5-9/h2-5,7-8,14,19H,6H2,1H3. The van der Waals surface area contributed by atoms with Gasteiger partial charge in [0, 0.05) is 23.0 Å². The van der Waals surface area contributed by atoms with Crippen LogP contribution in [0.5, 0.6) is 5.75 Å². The van der Waals surface area contributed by atoms with Crippen molar-refractivity contribution < 1.29 is 18.6 Å². The van der Waals surface area contributed by atoms with E-state index in [0.717, 1.165) is 22.2 Å². The Morgan fingerprint density at radius 2 is 1.85 bits per heavy atom. The minimum atomic E-state index is -1.25. The zero-order valence-electron chi connectivity index (χ0n) is 10.7. The topological polar surface area (TPSA) is 29.5 Å². The summed E-state index contributed by atoms with van der Waals surface area (Å²) < 4.78 is 33.3. The van der Waals surface area contributed by atoms with Crippen LogP contribution in [0.15, 0.2) is 40.9 Å². The molecule has 2 aromatic carbocycles. The van der Waals surface area contributed by atoms with Crippen molar-refractivity contribution in [3.05, 3.63) is 63.6 Å². The first-order valence-electron chi connectivity index (χ1n) is 5.96. The maximum absolute atomic E-state index is 13.8. The van der Waals surface area contributed by atoms with E-state index in [4.69, 9.17) is 4.74 Å². The van der Waals surface area contributed by atoms with Gasteiger partial charge >= 0.3 is 0 Å². The highest BCUT2D eigenvalue weighted by atomic mass is 79.9. The average molecular weight is 343 g/mol. The Morgan fingerprint density at radius 3 is 2.40 bits per heavy atom. The second-order valence-electron chi connectivity index (χ2n) is 4.35. The van der Waals surface area contributed by atoms with Crippen molar-refractivity contribution in [2.75, 3.05) is 7.11 Å². The van der Waals surface area contributed by atoms with Crippen LogP contribution in [0, 0.1) is 11.6 Å². The summed E-state index contributed by atoms with van der Waals surface area (Å²) in [4.78, 5) is 0. The van der Waals surface area contributed by atoms with Gasteiger partial charge in [-0.05, 0) is 17.7 Å². The highest BCUT2D eigenvalue weighted by Gasteiger charge is 2.20. The first kappa shape index (κ1) is 14.9. The molecule has 0 heterocycles. The number of rotatable bonds is 4. The van der Waals surface area contributed by atoms with Gasteiger partial charge in [0.05, 0.1) is 18.8 Å². The molecular formula is C15H13BrF2O2. The lowest BCUT2D eigenvalue weighted by molar-refractivity contribution is 0.168. The molecule has 0 aliphatic carbocycles. The van der Waals surface area contributed by atoms with E-state index in [9.17, 15) is 13.9 Å². The zero-order chi connectivity index (χ0) is 14.7. The number of aliphatic hydroxyl groups excluding tert-OH is 1. The molecule has 2 nitrogen and oxygen atoms in total. The molecule has 2 aromatic rings. The van der Waals surface area contributed by atoms with E-state index in [1.165, 1.54) is 7.11 Å². The number of ether oxygens (including phenoxy) is 1. The van der Waals surface area contributed by atoms with Gasteiger partial charge < -0.3 is 9.84 Å². The van der Waals surface area contributed by atoms with E-state index in [-0.39, 0.29) is 17.7 Å². The average Bonchev–Trinajstić information content (AvgIpc) is 2.37. The second-order valence-corrected chi connectivity index (χ2v) is 5.27. The number of hydrogen-bond donors (Lipinski definition) is 1. The lowest BCUT2D eigenvalue weighted by Gasteiger charge is -2.14. The molecule has 1 unspecified atom stereocenters. The molecule has 0 spiro atoms. The van der Waals surface area contributed by atoms with Gasteiger partial charge in [0.2, 0.25) is 0 Å². The summed E-state index contributed by atoms with van der Waals surface area (Å²) in [6.45, 7) is 0. The Morgan fingerprint density at radius 1 is 1.20 bits per heavy atom. The van der Waals surface area contributed by atoms with E-state index < -0.39 is 17.7 Å². The monoisotopic (exact) mass is 342 g/mol. The van der Waals surface area contributed by atoms with E-state index in [1.54, 1.807) is 18.2 Å². The highest BCUT2D eigenvalue weighted by molar-refractivity contribution is 9.10. The Balaban J connectivity index is 2.27. The predicted molar refractivity (Wildman–Crippen MR) is 75.7 cm³/mol. The smallest absolute Gasteiger partial charge is 0.135 e. The summed E-state index contributed by atoms with van der Waals surface area (Å²) in [7, 11) is 1.33. The highest BCUT2D eigenvalue weighted by Crippen LogP contribution is 2.28. The van der Waals surface area contributed by atoms with E-state index in [1.807, 2.05) is 6.07 Å². The zero-order valence-corrected chi connectivity index (χ0v) is 12.3. The fourth-order valence-electron chi connectivity index (χ4n) is 1.99. The molecular weight excluding hydrogens is 330 g/mol. The van der Waals surface area contributed by atoms with Gasteiger partial charge in [0.15, 0.2) is 0 Å². The molecule has 0 aliphatic rings. The Hall–Kier alpha value is -1.46. The van der Waals surface area contributed by atoms with Gasteiger partial charge in [-0.1, -0.05) is 28.1 Å². The second kappa shape index (κ2) is 6.33. The first-order valence-corrected chi connectivity index (χ1v) is 6.76. The van der Waals surface area contributed by atoms with Crippen LogP contribution in [-0.2, 0) is 6.42 Å². The molecule has 0 saturated heterocycles. The SMILES string of the molecule is COc1cc(F)c(C(O)Cc2cccc(Br)c2)c(F)c1. The summed E-state index contributed by atoms with van der Waals surface area (Å²) in [6.07, 6.45) is -1.13.